The van der Waals surface area contributed by atoms with Crippen molar-refractivity contribution in [3.8, 4) is 0 Å². The summed E-state index contributed by atoms with van der Waals surface area (Å²) in [7, 11) is 0. The summed E-state index contributed by atoms with van der Waals surface area (Å²) in [6, 6.07) is 8.83. The van der Waals surface area contributed by atoms with Crippen molar-refractivity contribution in [3.05, 3.63) is 51.0 Å². The van der Waals surface area contributed by atoms with Gasteiger partial charge in [0.2, 0.25) is 5.76 Å². The van der Waals surface area contributed by atoms with Gasteiger partial charge in [0.05, 0.1) is 0 Å². The fourth-order valence-corrected chi connectivity index (χ4v) is 2.35. The molecule has 2 aromatic rings. The van der Waals surface area contributed by atoms with Crippen LogP contribution in [0.4, 0.5) is 5.69 Å². The van der Waals surface area contributed by atoms with Crippen LogP contribution < -0.4 is 5.32 Å². The number of furan rings is 1. The molecule has 1 amide bonds. The van der Waals surface area contributed by atoms with E-state index in [-0.39, 0.29) is 12.4 Å². The van der Waals surface area contributed by atoms with Gasteiger partial charge in [-0.1, -0.05) is 0 Å². The van der Waals surface area contributed by atoms with Crippen molar-refractivity contribution in [2.24, 2.45) is 0 Å². The van der Waals surface area contributed by atoms with Gasteiger partial charge in [0.1, 0.15) is 5.76 Å². The third-order valence-electron chi connectivity index (χ3n) is 2.74. The van der Waals surface area contributed by atoms with E-state index in [0.717, 1.165) is 9.13 Å². The second kappa shape index (κ2) is 6.75. The minimum Gasteiger partial charge on any atom is -0.454 e. The van der Waals surface area contributed by atoms with Crippen LogP contribution in [0.25, 0.3) is 0 Å². The van der Waals surface area contributed by atoms with Gasteiger partial charge in [-0.2, -0.15) is 0 Å². The molecule has 0 atom stereocenters. The predicted molar refractivity (Wildman–Crippen MR) is 86.3 cm³/mol. The molecule has 0 fully saturated rings. The molecule has 1 N–H and O–H groups in total. The van der Waals surface area contributed by atoms with E-state index in [0.29, 0.717) is 11.4 Å². The molecule has 0 aliphatic heterocycles. The summed E-state index contributed by atoms with van der Waals surface area (Å²) in [5.41, 5.74) is 1.65. The number of amides is 1. The SMILES string of the molecule is Cc1ccc(C(=O)OCC(=O)Nc2ccc(I)cc2C)o1. The number of anilines is 1. The maximum absolute atomic E-state index is 11.8. The molecule has 110 valence electrons. The molecule has 0 bridgehead atoms. The van der Waals surface area contributed by atoms with Crippen molar-refractivity contribution in [1.82, 2.24) is 0 Å². The van der Waals surface area contributed by atoms with Crippen LogP contribution in [-0.2, 0) is 9.53 Å². The number of ether oxygens (including phenoxy) is 1. The molecule has 21 heavy (non-hydrogen) atoms. The highest BCUT2D eigenvalue weighted by Gasteiger charge is 2.14. The number of carbonyl (C=O) groups is 2. The molecule has 0 unspecified atom stereocenters. The van der Waals surface area contributed by atoms with E-state index in [2.05, 4.69) is 27.9 Å². The second-order valence-electron chi connectivity index (χ2n) is 4.49. The first kappa shape index (κ1) is 15.6. The lowest BCUT2D eigenvalue weighted by Gasteiger charge is -2.08. The molecular formula is C15H14INO4. The van der Waals surface area contributed by atoms with Gasteiger partial charge in [-0.25, -0.2) is 4.79 Å². The van der Waals surface area contributed by atoms with Crippen molar-refractivity contribution in [3.63, 3.8) is 0 Å². The van der Waals surface area contributed by atoms with Gasteiger partial charge in [-0.15, -0.1) is 0 Å². The van der Waals surface area contributed by atoms with Gasteiger partial charge >= 0.3 is 5.97 Å². The molecule has 6 heteroatoms. The summed E-state index contributed by atoms with van der Waals surface area (Å²) in [5.74, 6) is -0.347. The lowest BCUT2D eigenvalue weighted by atomic mass is 10.2. The van der Waals surface area contributed by atoms with Crippen LogP contribution in [0.2, 0.25) is 0 Å². The highest BCUT2D eigenvalue weighted by Crippen LogP contribution is 2.17. The third kappa shape index (κ3) is 4.32. The van der Waals surface area contributed by atoms with E-state index >= 15 is 0 Å². The fraction of sp³-hybridized carbons (Fsp3) is 0.200. The van der Waals surface area contributed by atoms with E-state index in [9.17, 15) is 9.59 Å². The Morgan fingerprint density at radius 2 is 2.00 bits per heavy atom. The zero-order valence-electron chi connectivity index (χ0n) is 11.6. The fourth-order valence-electron chi connectivity index (χ4n) is 1.70. The summed E-state index contributed by atoms with van der Waals surface area (Å²) in [4.78, 5) is 23.4. The van der Waals surface area contributed by atoms with Gasteiger partial charge in [0.25, 0.3) is 5.91 Å². The molecule has 0 spiro atoms. The zero-order valence-corrected chi connectivity index (χ0v) is 13.8. The number of hydrogen-bond donors (Lipinski definition) is 1. The number of aryl methyl sites for hydroxylation is 2. The quantitative estimate of drug-likeness (QED) is 0.633. The van der Waals surface area contributed by atoms with Crippen molar-refractivity contribution in [1.29, 1.82) is 0 Å². The summed E-state index contributed by atoms with van der Waals surface area (Å²) in [5, 5.41) is 2.70. The Hall–Kier alpha value is -1.83. The van der Waals surface area contributed by atoms with Crippen molar-refractivity contribution >= 4 is 40.2 Å². The van der Waals surface area contributed by atoms with Crippen molar-refractivity contribution < 1.29 is 18.7 Å². The molecular weight excluding hydrogens is 385 g/mol. The van der Waals surface area contributed by atoms with E-state index in [1.807, 2.05) is 25.1 Å². The Bertz CT molecular complexity index is 678. The van der Waals surface area contributed by atoms with Crippen LogP contribution in [0.1, 0.15) is 21.9 Å². The first-order valence-electron chi connectivity index (χ1n) is 6.25. The average molecular weight is 399 g/mol. The highest BCUT2D eigenvalue weighted by molar-refractivity contribution is 14.1. The van der Waals surface area contributed by atoms with Crippen LogP contribution in [0, 0.1) is 17.4 Å². The van der Waals surface area contributed by atoms with Gasteiger partial charge in [0.15, 0.2) is 6.61 Å². The Morgan fingerprint density at radius 3 is 2.62 bits per heavy atom. The Labute approximate surface area is 135 Å². The Kier molecular flexibility index (Phi) is 5.00. The molecule has 0 aliphatic carbocycles. The van der Waals surface area contributed by atoms with Gasteiger partial charge in [0, 0.05) is 9.26 Å². The third-order valence-corrected chi connectivity index (χ3v) is 3.41. The van der Waals surface area contributed by atoms with Crippen LogP contribution in [-0.4, -0.2) is 18.5 Å². The monoisotopic (exact) mass is 399 g/mol. The van der Waals surface area contributed by atoms with E-state index < -0.39 is 11.9 Å². The van der Waals surface area contributed by atoms with Gasteiger partial charge < -0.3 is 14.5 Å². The number of esters is 1. The minimum atomic E-state index is -0.655. The summed E-state index contributed by atoms with van der Waals surface area (Å²) < 4.78 is 11.1. The number of benzene rings is 1. The lowest BCUT2D eigenvalue weighted by molar-refractivity contribution is -0.119. The maximum atomic E-state index is 11.8. The van der Waals surface area contributed by atoms with E-state index in [1.54, 1.807) is 13.0 Å². The summed E-state index contributed by atoms with van der Waals surface area (Å²) in [6.45, 7) is 3.27. The molecule has 0 saturated carbocycles. The Morgan fingerprint density at radius 1 is 1.24 bits per heavy atom. The molecule has 1 aromatic carbocycles. The number of nitrogens with one attached hydrogen (secondary N) is 1. The normalized spacial score (nSPS) is 10.2. The first-order chi connectivity index (χ1) is 9.95. The standard InChI is InChI=1S/C15H14INO4/c1-9-7-11(16)4-5-12(9)17-14(18)8-20-15(19)13-6-3-10(2)21-13/h3-7H,8H2,1-2H3,(H,17,18). The molecule has 5 nitrogen and oxygen atoms in total. The zero-order chi connectivity index (χ0) is 15.4. The first-order valence-corrected chi connectivity index (χ1v) is 7.33. The number of hydrogen-bond acceptors (Lipinski definition) is 4. The Balaban J connectivity index is 1.89. The smallest absolute Gasteiger partial charge is 0.374 e. The lowest BCUT2D eigenvalue weighted by Crippen LogP contribution is -2.21. The molecule has 0 aliphatic rings. The van der Waals surface area contributed by atoms with Gasteiger partial charge in [-0.05, 0) is 72.3 Å². The number of rotatable bonds is 4. The summed E-state index contributed by atoms with van der Waals surface area (Å²) >= 11 is 2.20. The topological polar surface area (TPSA) is 68.5 Å². The van der Waals surface area contributed by atoms with E-state index in [1.165, 1.54) is 6.07 Å². The molecule has 2 rings (SSSR count). The highest BCUT2D eigenvalue weighted by atomic mass is 127. The molecule has 0 radical (unpaired) electrons. The van der Waals surface area contributed by atoms with Crippen LogP contribution >= 0.6 is 22.6 Å². The van der Waals surface area contributed by atoms with Crippen LogP contribution in [0.15, 0.2) is 34.7 Å². The van der Waals surface area contributed by atoms with Crippen LogP contribution in [0.5, 0.6) is 0 Å². The molecule has 1 heterocycles. The predicted octanol–water partition coefficient (Wildman–Crippen LogP) is 3.30. The average Bonchev–Trinajstić information content (AvgIpc) is 2.86. The number of carbonyl (C=O) groups excluding carboxylic acids is 2. The maximum Gasteiger partial charge on any atom is 0.374 e. The van der Waals surface area contributed by atoms with Crippen molar-refractivity contribution in [2.75, 3.05) is 11.9 Å². The van der Waals surface area contributed by atoms with Crippen molar-refractivity contribution in [2.45, 2.75) is 13.8 Å². The summed E-state index contributed by atoms with van der Waals surface area (Å²) in [6.07, 6.45) is 0. The minimum absolute atomic E-state index is 0.0887. The molecule has 0 saturated heterocycles. The van der Waals surface area contributed by atoms with Crippen LogP contribution in [0.3, 0.4) is 0 Å². The second-order valence-corrected chi connectivity index (χ2v) is 5.74. The number of halogens is 1. The van der Waals surface area contributed by atoms with E-state index in [4.69, 9.17) is 9.15 Å². The molecule has 1 aromatic heterocycles. The van der Waals surface area contributed by atoms with Gasteiger partial charge in [-0.3, -0.25) is 4.79 Å². The largest absolute Gasteiger partial charge is 0.454 e.